The molecule has 0 nitrogen and oxygen atoms in total. The number of rotatable bonds is 6. The van der Waals surface area contributed by atoms with Crippen molar-refractivity contribution in [1.82, 2.24) is 0 Å². The Morgan fingerprint density at radius 3 is 1.12 bits per heavy atom. The third kappa shape index (κ3) is 5.92. The quantitative estimate of drug-likeness (QED) is 0.420. The van der Waals surface area contributed by atoms with Crippen LogP contribution in [0.15, 0.2) is 109 Å². The second kappa shape index (κ2) is 9.80. The molecule has 3 aromatic carbocycles. The van der Waals surface area contributed by atoms with Gasteiger partial charge in [-0.15, -0.1) is 0 Å². The molecule has 0 radical (unpaired) electrons. The average molecular weight is 334 g/mol. The number of allylic oxidation sites excluding steroid dienone is 4. The second-order valence-corrected chi connectivity index (χ2v) is 5.93. The third-order valence-corrected chi connectivity index (χ3v) is 3.89. The van der Waals surface area contributed by atoms with Crippen molar-refractivity contribution in [1.29, 1.82) is 0 Å². The number of benzene rings is 3. The summed E-state index contributed by atoms with van der Waals surface area (Å²) in [4.78, 5) is 0. The van der Waals surface area contributed by atoms with Crippen LogP contribution in [0.1, 0.15) is 22.3 Å². The molecule has 0 aliphatic carbocycles. The molecule has 3 aromatic rings. The first kappa shape index (κ1) is 17.4. The van der Waals surface area contributed by atoms with Gasteiger partial charge in [0.25, 0.3) is 0 Å². The van der Waals surface area contributed by atoms with Crippen molar-refractivity contribution in [2.24, 2.45) is 0 Å². The van der Waals surface area contributed by atoms with Crippen LogP contribution in [0.25, 0.3) is 24.3 Å². The molecule has 0 aliphatic rings. The van der Waals surface area contributed by atoms with E-state index in [1.165, 1.54) is 22.3 Å². The Kier molecular flexibility index (Phi) is 6.58. The summed E-state index contributed by atoms with van der Waals surface area (Å²) in [5.41, 5.74) is 4.80. The van der Waals surface area contributed by atoms with E-state index in [9.17, 15) is 0 Å². The monoisotopic (exact) mass is 334 g/mol. The number of hydrogen-bond donors (Lipinski definition) is 0. The highest BCUT2D eigenvalue weighted by atomic mass is 13.9. The normalized spacial score (nSPS) is 12.0. The summed E-state index contributed by atoms with van der Waals surface area (Å²) in [7, 11) is 0. The lowest BCUT2D eigenvalue weighted by Gasteiger charge is -1.96. The van der Waals surface area contributed by atoms with E-state index in [1.54, 1.807) is 0 Å². The molecule has 0 atom stereocenters. The maximum Gasteiger partial charge on any atom is -0.0251 e. The highest BCUT2D eigenvalue weighted by Gasteiger charge is 1.89. The lowest BCUT2D eigenvalue weighted by Crippen LogP contribution is -1.75. The molecular weight excluding hydrogens is 312 g/mol. The average Bonchev–Trinajstić information content (AvgIpc) is 2.71. The van der Waals surface area contributed by atoms with Crippen molar-refractivity contribution in [2.75, 3.05) is 0 Å². The van der Waals surface area contributed by atoms with Crippen LogP contribution in [0.2, 0.25) is 0 Å². The van der Waals surface area contributed by atoms with Crippen LogP contribution in [-0.4, -0.2) is 0 Å². The van der Waals surface area contributed by atoms with Crippen LogP contribution in [0.5, 0.6) is 0 Å². The Hall–Kier alpha value is -3.38. The summed E-state index contributed by atoms with van der Waals surface area (Å²) in [5, 5.41) is 0. The van der Waals surface area contributed by atoms with Crippen LogP contribution in [0.3, 0.4) is 0 Å². The van der Waals surface area contributed by atoms with Crippen molar-refractivity contribution in [3.8, 4) is 0 Å². The predicted octanol–water partition coefficient (Wildman–Crippen LogP) is 7.14. The minimum Gasteiger partial charge on any atom is -0.0622 e. The fourth-order valence-corrected chi connectivity index (χ4v) is 2.56. The Morgan fingerprint density at radius 1 is 0.346 bits per heavy atom. The molecule has 0 amide bonds. The molecule has 126 valence electrons. The van der Waals surface area contributed by atoms with Gasteiger partial charge in [-0.05, 0) is 28.3 Å². The van der Waals surface area contributed by atoms with Gasteiger partial charge in [-0.2, -0.15) is 0 Å². The maximum absolute atomic E-state index is 2.18. The van der Waals surface area contributed by atoms with Gasteiger partial charge in [0.05, 0.1) is 0 Å². The van der Waals surface area contributed by atoms with E-state index in [2.05, 4.69) is 97.1 Å². The molecule has 0 unspecified atom stereocenters. The summed E-state index contributed by atoms with van der Waals surface area (Å²) in [6.45, 7) is 0. The van der Waals surface area contributed by atoms with Crippen LogP contribution < -0.4 is 0 Å². The Bertz CT molecular complexity index is 836. The molecule has 0 fully saturated rings. The summed E-state index contributed by atoms with van der Waals surface area (Å²) in [5.74, 6) is 0. The fourth-order valence-electron chi connectivity index (χ4n) is 2.56. The summed E-state index contributed by atoms with van der Waals surface area (Å²) < 4.78 is 0. The molecule has 0 spiro atoms. The van der Waals surface area contributed by atoms with Gasteiger partial charge >= 0.3 is 0 Å². The predicted molar refractivity (Wildman–Crippen MR) is 115 cm³/mol. The minimum absolute atomic E-state index is 1.19. The molecule has 0 N–H and O–H groups in total. The molecular formula is C26H22. The molecule has 26 heavy (non-hydrogen) atoms. The van der Waals surface area contributed by atoms with E-state index in [0.29, 0.717) is 0 Å². The van der Waals surface area contributed by atoms with Gasteiger partial charge in [0, 0.05) is 0 Å². The van der Waals surface area contributed by atoms with Crippen LogP contribution in [-0.2, 0) is 0 Å². The first-order valence-corrected chi connectivity index (χ1v) is 8.80. The standard InChI is InChI=1S/C26H22/c1-3-12-23(13-4-1)16-7-9-18-25-20-11-21-26(22-25)19-10-8-17-24-14-5-2-6-15-24/h1-22H. The molecule has 0 heterocycles. The molecule has 0 aromatic heterocycles. The van der Waals surface area contributed by atoms with E-state index in [4.69, 9.17) is 0 Å². The molecule has 0 heteroatoms. The van der Waals surface area contributed by atoms with Gasteiger partial charge in [-0.3, -0.25) is 0 Å². The first-order valence-electron chi connectivity index (χ1n) is 8.80. The van der Waals surface area contributed by atoms with Gasteiger partial charge in [0.2, 0.25) is 0 Å². The SMILES string of the molecule is C(C=Cc1cccc(C=CC=Cc2ccccc2)c1)=Cc1ccccc1. The van der Waals surface area contributed by atoms with E-state index >= 15 is 0 Å². The molecule has 0 aliphatic heterocycles. The van der Waals surface area contributed by atoms with Crippen molar-refractivity contribution in [3.63, 3.8) is 0 Å². The van der Waals surface area contributed by atoms with Gasteiger partial charge in [-0.25, -0.2) is 0 Å². The van der Waals surface area contributed by atoms with Gasteiger partial charge in [0.15, 0.2) is 0 Å². The topological polar surface area (TPSA) is 0 Å². The van der Waals surface area contributed by atoms with Crippen molar-refractivity contribution in [3.05, 3.63) is 131 Å². The van der Waals surface area contributed by atoms with E-state index < -0.39 is 0 Å². The van der Waals surface area contributed by atoms with Crippen molar-refractivity contribution < 1.29 is 0 Å². The van der Waals surface area contributed by atoms with E-state index in [0.717, 1.165) is 0 Å². The lowest BCUT2D eigenvalue weighted by atomic mass is 10.1. The third-order valence-electron chi connectivity index (χ3n) is 3.89. The highest BCUT2D eigenvalue weighted by molar-refractivity contribution is 5.62. The van der Waals surface area contributed by atoms with Crippen LogP contribution in [0, 0.1) is 0 Å². The summed E-state index contributed by atoms with van der Waals surface area (Å²) >= 11 is 0. The first-order chi connectivity index (χ1) is 12.9. The lowest BCUT2D eigenvalue weighted by molar-refractivity contribution is 1.61. The van der Waals surface area contributed by atoms with Crippen LogP contribution in [0.4, 0.5) is 0 Å². The maximum atomic E-state index is 2.18. The molecule has 0 saturated carbocycles. The van der Waals surface area contributed by atoms with E-state index in [-0.39, 0.29) is 0 Å². The van der Waals surface area contributed by atoms with Crippen LogP contribution >= 0.6 is 0 Å². The summed E-state index contributed by atoms with van der Waals surface area (Å²) in [6, 6.07) is 29.1. The number of hydrogen-bond acceptors (Lipinski definition) is 0. The Balaban J connectivity index is 1.59. The highest BCUT2D eigenvalue weighted by Crippen LogP contribution is 2.10. The van der Waals surface area contributed by atoms with E-state index in [1.807, 2.05) is 36.4 Å². The molecule has 3 rings (SSSR count). The summed E-state index contributed by atoms with van der Waals surface area (Å²) in [6.07, 6.45) is 16.7. The Labute approximate surface area is 156 Å². The van der Waals surface area contributed by atoms with Crippen molar-refractivity contribution >= 4 is 24.3 Å². The van der Waals surface area contributed by atoms with Gasteiger partial charge in [0.1, 0.15) is 0 Å². The molecule has 0 saturated heterocycles. The smallest absolute Gasteiger partial charge is 0.0251 e. The largest absolute Gasteiger partial charge is 0.0622 e. The Morgan fingerprint density at radius 2 is 0.692 bits per heavy atom. The van der Waals surface area contributed by atoms with Gasteiger partial charge < -0.3 is 0 Å². The minimum atomic E-state index is 1.19. The molecule has 0 bridgehead atoms. The van der Waals surface area contributed by atoms with Crippen molar-refractivity contribution in [2.45, 2.75) is 0 Å². The second-order valence-electron chi connectivity index (χ2n) is 5.93. The fraction of sp³-hybridized carbons (Fsp3) is 0. The zero-order valence-electron chi connectivity index (χ0n) is 14.7. The zero-order valence-corrected chi connectivity index (χ0v) is 14.7. The van der Waals surface area contributed by atoms with Gasteiger partial charge in [-0.1, -0.05) is 127 Å². The zero-order chi connectivity index (χ0) is 17.9.